The Morgan fingerprint density at radius 3 is 2.55 bits per heavy atom. The van der Waals surface area contributed by atoms with Crippen molar-refractivity contribution in [3.05, 3.63) is 0 Å². The Kier molecular flexibility index (Phi) is 7.62. The van der Waals surface area contributed by atoms with Crippen LogP contribution in [0.25, 0.3) is 0 Å². The van der Waals surface area contributed by atoms with Gasteiger partial charge in [-0.2, -0.15) is 0 Å². The SMILES string of the molecule is CCCNC(=O)[C@@H]1[C@H]2C(=O)N(CCCCCCO)C(C(=O)NC(C)C)C23CC[C@@]1(C)S3. The summed E-state index contributed by atoms with van der Waals surface area (Å²) in [5, 5.41) is 15.1. The summed E-state index contributed by atoms with van der Waals surface area (Å²) in [6.07, 6.45) is 5.86. The molecule has 1 spiro atoms. The van der Waals surface area contributed by atoms with E-state index in [0.717, 1.165) is 44.9 Å². The number of aliphatic hydroxyl groups is 1. The second-order valence-corrected chi connectivity index (χ2v) is 11.7. The van der Waals surface area contributed by atoms with Crippen molar-refractivity contribution < 1.29 is 19.5 Å². The Labute approximate surface area is 190 Å². The van der Waals surface area contributed by atoms with E-state index in [1.807, 2.05) is 20.8 Å². The molecule has 0 aliphatic carbocycles. The molecule has 0 aromatic heterocycles. The Morgan fingerprint density at radius 2 is 1.90 bits per heavy atom. The van der Waals surface area contributed by atoms with Crippen molar-refractivity contribution in [3.63, 3.8) is 0 Å². The molecule has 0 radical (unpaired) electrons. The monoisotopic (exact) mass is 453 g/mol. The first kappa shape index (κ1) is 24.4. The zero-order valence-electron chi connectivity index (χ0n) is 19.4. The molecule has 31 heavy (non-hydrogen) atoms. The average Bonchev–Trinajstić information content (AvgIpc) is 3.26. The van der Waals surface area contributed by atoms with E-state index in [-0.39, 0.29) is 41.0 Å². The van der Waals surface area contributed by atoms with Gasteiger partial charge in [-0.25, -0.2) is 0 Å². The van der Waals surface area contributed by atoms with Crippen LogP contribution < -0.4 is 10.6 Å². The summed E-state index contributed by atoms with van der Waals surface area (Å²) in [5.74, 6) is -0.983. The lowest BCUT2D eigenvalue weighted by molar-refractivity contribution is -0.140. The lowest BCUT2D eigenvalue weighted by Crippen LogP contribution is -2.55. The minimum absolute atomic E-state index is 0.00713. The molecule has 3 heterocycles. The van der Waals surface area contributed by atoms with Crippen molar-refractivity contribution in [3.8, 4) is 0 Å². The molecule has 3 saturated heterocycles. The first-order valence-electron chi connectivity index (χ1n) is 11.9. The van der Waals surface area contributed by atoms with Gasteiger partial charge in [0.1, 0.15) is 6.04 Å². The molecule has 3 N–H and O–H groups in total. The number of nitrogens with zero attached hydrogens (tertiary/aromatic N) is 1. The summed E-state index contributed by atoms with van der Waals surface area (Å²) < 4.78 is -0.828. The third kappa shape index (κ3) is 4.34. The largest absolute Gasteiger partial charge is 0.396 e. The smallest absolute Gasteiger partial charge is 0.244 e. The summed E-state index contributed by atoms with van der Waals surface area (Å²) in [4.78, 5) is 42.0. The molecule has 3 aliphatic heterocycles. The van der Waals surface area contributed by atoms with Gasteiger partial charge in [-0.1, -0.05) is 19.8 Å². The lowest BCUT2D eigenvalue weighted by Gasteiger charge is -2.35. The molecule has 3 aliphatic rings. The predicted octanol–water partition coefficient (Wildman–Crippen LogP) is 2.07. The molecule has 3 amide bonds. The molecule has 0 aromatic rings. The molecule has 8 heteroatoms. The molecular formula is C23H39N3O4S. The quantitative estimate of drug-likeness (QED) is 0.416. The van der Waals surface area contributed by atoms with E-state index >= 15 is 0 Å². The summed E-state index contributed by atoms with van der Waals surface area (Å²) in [5.41, 5.74) is 0. The van der Waals surface area contributed by atoms with E-state index in [9.17, 15) is 14.4 Å². The van der Waals surface area contributed by atoms with E-state index in [1.165, 1.54) is 0 Å². The van der Waals surface area contributed by atoms with Crippen LogP contribution in [0.15, 0.2) is 0 Å². The van der Waals surface area contributed by atoms with E-state index in [1.54, 1.807) is 16.7 Å². The first-order chi connectivity index (χ1) is 14.7. The van der Waals surface area contributed by atoms with E-state index in [2.05, 4.69) is 17.6 Å². The number of nitrogens with one attached hydrogen (secondary N) is 2. The van der Waals surface area contributed by atoms with Gasteiger partial charge in [-0.15, -0.1) is 11.8 Å². The first-order valence-corrected chi connectivity index (χ1v) is 12.7. The number of hydrogen-bond acceptors (Lipinski definition) is 5. The van der Waals surface area contributed by atoms with Crippen LogP contribution in [0.3, 0.4) is 0 Å². The van der Waals surface area contributed by atoms with Gasteiger partial charge < -0.3 is 20.6 Å². The summed E-state index contributed by atoms with van der Waals surface area (Å²) in [6, 6.07) is -0.534. The Bertz CT molecular complexity index is 702. The summed E-state index contributed by atoms with van der Waals surface area (Å²) in [7, 11) is 0. The number of thioether (sulfide) groups is 1. The zero-order valence-corrected chi connectivity index (χ0v) is 20.2. The molecule has 7 nitrogen and oxygen atoms in total. The van der Waals surface area contributed by atoms with Gasteiger partial charge in [0.25, 0.3) is 0 Å². The number of carbonyl (C=O) groups is 3. The standard InChI is InChI=1S/C23H39N3O4S/c1-5-12-24-19(28)16-17-21(30)26(13-8-6-7-9-14-27)18(20(29)25-15(2)3)23(17)11-10-22(16,4)31-23/h15-18,27H,5-14H2,1-4H3,(H,24,28)(H,25,29)/t16-,17-,18?,22+,23?/m0/s1. The van der Waals surface area contributed by atoms with Crippen LogP contribution in [0.4, 0.5) is 0 Å². The molecule has 3 rings (SSSR count). The fraction of sp³-hybridized carbons (Fsp3) is 0.870. The highest BCUT2D eigenvalue weighted by molar-refractivity contribution is 8.02. The van der Waals surface area contributed by atoms with Crippen molar-refractivity contribution in [2.45, 2.75) is 94.2 Å². The van der Waals surface area contributed by atoms with Crippen molar-refractivity contribution in [1.29, 1.82) is 0 Å². The highest BCUT2D eigenvalue weighted by Gasteiger charge is 2.76. The lowest BCUT2D eigenvalue weighted by atomic mass is 9.66. The second kappa shape index (κ2) is 9.69. The van der Waals surface area contributed by atoms with Crippen molar-refractivity contribution in [2.75, 3.05) is 19.7 Å². The average molecular weight is 454 g/mol. The Hall–Kier alpha value is -1.28. The van der Waals surface area contributed by atoms with Crippen LogP contribution in [0, 0.1) is 11.8 Å². The highest BCUT2D eigenvalue weighted by atomic mass is 32.2. The zero-order chi connectivity index (χ0) is 22.8. The van der Waals surface area contributed by atoms with Crippen molar-refractivity contribution >= 4 is 29.5 Å². The fourth-order valence-electron chi connectivity index (χ4n) is 5.84. The van der Waals surface area contributed by atoms with Crippen LogP contribution in [0.2, 0.25) is 0 Å². The van der Waals surface area contributed by atoms with Gasteiger partial charge in [0, 0.05) is 30.5 Å². The third-order valence-corrected chi connectivity index (χ3v) is 9.08. The maximum atomic E-state index is 13.7. The topological polar surface area (TPSA) is 98.7 Å². The normalized spacial score (nSPS) is 33.8. The number of unbranched alkanes of at least 4 members (excludes halogenated alkanes) is 3. The number of likely N-dealkylation sites (tertiary alicyclic amines) is 1. The van der Waals surface area contributed by atoms with Gasteiger partial charge in [-0.05, 0) is 52.9 Å². The van der Waals surface area contributed by atoms with Crippen LogP contribution in [-0.4, -0.2) is 69.0 Å². The van der Waals surface area contributed by atoms with E-state index in [4.69, 9.17) is 5.11 Å². The maximum Gasteiger partial charge on any atom is 0.244 e. The number of aliphatic hydroxyl groups excluding tert-OH is 1. The number of amides is 3. The molecule has 176 valence electrons. The van der Waals surface area contributed by atoms with Crippen LogP contribution >= 0.6 is 11.8 Å². The van der Waals surface area contributed by atoms with E-state index < -0.39 is 16.7 Å². The molecule has 0 aromatic carbocycles. The molecule has 2 bridgehead atoms. The Balaban J connectivity index is 1.89. The van der Waals surface area contributed by atoms with Gasteiger partial charge in [-0.3, -0.25) is 14.4 Å². The highest BCUT2D eigenvalue weighted by Crippen LogP contribution is 2.71. The number of rotatable bonds is 11. The number of carbonyl (C=O) groups excluding carboxylic acids is 3. The fourth-order valence-corrected chi connectivity index (χ4v) is 8.19. The summed E-state index contributed by atoms with van der Waals surface area (Å²) >= 11 is 1.72. The molecule has 2 unspecified atom stereocenters. The third-order valence-electron chi connectivity index (χ3n) is 7.09. The second-order valence-electron chi connectivity index (χ2n) is 9.85. The van der Waals surface area contributed by atoms with Crippen molar-refractivity contribution in [1.82, 2.24) is 15.5 Å². The minimum atomic E-state index is -0.527. The maximum absolute atomic E-state index is 13.7. The number of hydrogen-bond donors (Lipinski definition) is 3. The minimum Gasteiger partial charge on any atom is -0.396 e. The molecule has 0 saturated carbocycles. The van der Waals surface area contributed by atoms with Crippen LogP contribution in [0.1, 0.15) is 72.6 Å². The number of fused-ring (bicyclic) bond motifs is 1. The van der Waals surface area contributed by atoms with Crippen LogP contribution in [-0.2, 0) is 14.4 Å². The molecule has 5 atom stereocenters. The van der Waals surface area contributed by atoms with Gasteiger partial charge in [0.2, 0.25) is 17.7 Å². The predicted molar refractivity (Wildman–Crippen MR) is 123 cm³/mol. The van der Waals surface area contributed by atoms with Gasteiger partial charge in [0.05, 0.1) is 16.6 Å². The van der Waals surface area contributed by atoms with Crippen LogP contribution in [0.5, 0.6) is 0 Å². The summed E-state index contributed by atoms with van der Waals surface area (Å²) in [6.45, 7) is 9.30. The van der Waals surface area contributed by atoms with Gasteiger partial charge in [0.15, 0.2) is 0 Å². The molecular weight excluding hydrogens is 414 g/mol. The van der Waals surface area contributed by atoms with E-state index in [0.29, 0.717) is 13.1 Å². The van der Waals surface area contributed by atoms with Crippen molar-refractivity contribution in [2.24, 2.45) is 11.8 Å². The Morgan fingerprint density at radius 1 is 1.19 bits per heavy atom. The molecule has 3 fully saturated rings. The van der Waals surface area contributed by atoms with Gasteiger partial charge >= 0.3 is 0 Å².